The molecule has 158 valence electrons. The smallest absolute Gasteiger partial charge is 0.295 e. The van der Waals surface area contributed by atoms with Gasteiger partial charge in [0.1, 0.15) is 11.5 Å². The summed E-state index contributed by atoms with van der Waals surface area (Å²) in [5.74, 6) is -0.867. The van der Waals surface area contributed by atoms with Crippen LogP contribution in [0.3, 0.4) is 0 Å². The number of carbonyl (C=O) groups is 2. The Balaban J connectivity index is 1.72. The molecule has 1 N–H and O–H groups in total. The highest BCUT2D eigenvalue weighted by Gasteiger charge is 2.45. The molecule has 1 fully saturated rings. The van der Waals surface area contributed by atoms with Crippen molar-refractivity contribution >= 4 is 17.4 Å². The summed E-state index contributed by atoms with van der Waals surface area (Å²) in [6.07, 6.45) is 8.93. The van der Waals surface area contributed by atoms with Crippen molar-refractivity contribution in [2.75, 3.05) is 13.7 Å². The summed E-state index contributed by atoms with van der Waals surface area (Å²) in [6, 6.07) is 9.67. The summed E-state index contributed by atoms with van der Waals surface area (Å²) in [4.78, 5) is 35.4. The van der Waals surface area contributed by atoms with Crippen LogP contribution in [0.5, 0.6) is 5.75 Å². The molecule has 1 aliphatic rings. The number of aliphatic hydroxyl groups excluding tert-OH is 1. The lowest BCUT2D eigenvalue weighted by atomic mass is 9.95. The van der Waals surface area contributed by atoms with Crippen LogP contribution in [0.2, 0.25) is 0 Å². The minimum atomic E-state index is -0.697. The van der Waals surface area contributed by atoms with Gasteiger partial charge in [0, 0.05) is 43.4 Å². The molecule has 0 radical (unpaired) electrons. The van der Waals surface area contributed by atoms with Gasteiger partial charge in [-0.15, -0.1) is 0 Å². The first kappa shape index (κ1) is 20.3. The molecule has 3 heterocycles. The first-order valence-corrected chi connectivity index (χ1v) is 9.88. The predicted octanol–water partition coefficient (Wildman–Crippen LogP) is 2.80. The Morgan fingerprint density at radius 1 is 1.03 bits per heavy atom. The van der Waals surface area contributed by atoms with Gasteiger partial charge >= 0.3 is 0 Å². The monoisotopic (exact) mass is 418 g/mol. The molecule has 1 aromatic carbocycles. The molecule has 1 aliphatic heterocycles. The van der Waals surface area contributed by atoms with Gasteiger partial charge in [-0.2, -0.15) is 0 Å². The molecular weight excluding hydrogens is 396 g/mol. The van der Waals surface area contributed by atoms with Crippen molar-refractivity contribution in [1.82, 2.24) is 19.4 Å². The van der Waals surface area contributed by atoms with Crippen molar-refractivity contribution in [3.8, 4) is 5.75 Å². The second-order valence-electron chi connectivity index (χ2n) is 7.16. The zero-order valence-electron chi connectivity index (χ0n) is 17.0. The number of hydrogen-bond donors (Lipinski definition) is 1. The lowest BCUT2D eigenvalue weighted by molar-refractivity contribution is -0.139. The number of pyridine rings is 1. The molecule has 8 heteroatoms. The van der Waals surface area contributed by atoms with Gasteiger partial charge in [0.15, 0.2) is 0 Å². The van der Waals surface area contributed by atoms with Crippen LogP contribution in [0.4, 0.5) is 0 Å². The number of nitrogens with zero attached hydrogens (tertiary/aromatic N) is 4. The minimum Gasteiger partial charge on any atom is -0.507 e. The summed E-state index contributed by atoms with van der Waals surface area (Å²) in [5, 5.41) is 10.9. The van der Waals surface area contributed by atoms with Crippen LogP contribution in [0.15, 0.2) is 73.1 Å². The van der Waals surface area contributed by atoms with Gasteiger partial charge in [0.05, 0.1) is 25.1 Å². The first-order valence-electron chi connectivity index (χ1n) is 9.88. The number of aromatic nitrogens is 3. The highest BCUT2D eigenvalue weighted by Crippen LogP contribution is 2.39. The van der Waals surface area contributed by atoms with Gasteiger partial charge in [0.25, 0.3) is 11.7 Å². The standard InChI is InChI=1S/C23H22N4O4/c1-31-18-5-3-16(4-6-18)20-19(21(28)17-7-9-24-10-8-17)22(29)23(30)27(20)13-2-12-26-14-11-25-15-26/h3-11,14-15,20,28H,2,12-13H2,1H3/b21-19+. The van der Waals surface area contributed by atoms with Crippen LogP contribution in [-0.2, 0) is 16.1 Å². The number of benzene rings is 1. The van der Waals surface area contributed by atoms with Crippen molar-refractivity contribution in [1.29, 1.82) is 0 Å². The Morgan fingerprint density at radius 3 is 2.42 bits per heavy atom. The number of imidazole rings is 1. The van der Waals surface area contributed by atoms with Crippen LogP contribution in [-0.4, -0.2) is 49.9 Å². The molecule has 0 aliphatic carbocycles. The highest BCUT2D eigenvalue weighted by molar-refractivity contribution is 6.46. The third-order valence-corrected chi connectivity index (χ3v) is 5.30. The van der Waals surface area contributed by atoms with E-state index in [2.05, 4.69) is 9.97 Å². The molecule has 1 atom stereocenters. The van der Waals surface area contributed by atoms with Gasteiger partial charge in [-0.1, -0.05) is 12.1 Å². The van der Waals surface area contributed by atoms with E-state index in [4.69, 9.17) is 4.74 Å². The van der Waals surface area contributed by atoms with Gasteiger partial charge in [-0.25, -0.2) is 4.98 Å². The summed E-state index contributed by atoms with van der Waals surface area (Å²) >= 11 is 0. The van der Waals surface area contributed by atoms with E-state index in [9.17, 15) is 14.7 Å². The van der Waals surface area contributed by atoms with E-state index in [-0.39, 0.29) is 11.3 Å². The Morgan fingerprint density at radius 2 is 1.77 bits per heavy atom. The number of methoxy groups -OCH3 is 1. The number of likely N-dealkylation sites (tertiary alicyclic amines) is 1. The van der Waals surface area contributed by atoms with Crippen LogP contribution in [0.25, 0.3) is 5.76 Å². The molecule has 3 aromatic rings. The average Bonchev–Trinajstić information content (AvgIpc) is 3.41. The summed E-state index contributed by atoms with van der Waals surface area (Å²) in [6.45, 7) is 1.01. The maximum Gasteiger partial charge on any atom is 0.295 e. The topological polar surface area (TPSA) is 97.5 Å². The average molecular weight is 418 g/mol. The van der Waals surface area contributed by atoms with Crippen molar-refractivity contribution < 1.29 is 19.4 Å². The summed E-state index contributed by atoms with van der Waals surface area (Å²) in [5.41, 5.74) is 1.23. The van der Waals surface area contributed by atoms with Gasteiger partial charge in [-0.05, 0) is 36.2 Å². The number of amides is 1. The number of Topliss-reactive ketones (excluding diaryl/α,β-unsaturated/α-hetero) is 1. The van der Waals surface area contributed by atoms with E-state index in [0.717, 1.165) is 5.56 Å². The molecule has 0 spiro atoms. The van der Waals surface area contributed by atoms with Crippen LogP contribution in [0.1, 0.15) is 23.6 Å². The molecule has 4 rings (SSSR count). The van der Waals surface area contributed by atoms with Crippen LogP contribution >= 0.6 is 0 Å². The fourth-order valence-electron chi connectivity index (χ4n) is 3.75. The number of rotatable bonds is 7. The Hall–Kier alpha value is -3.94. The summed E-state index contributed by atoms with van der Waals surface area (Å²) in [7, 11) is 1.57. The van der Waals surface area contributed by atoms with Crippen molar-refractivity contribution in [2.24, 2.45) is 0 Å². The molecule has 1 unspecified atom stereocenters. The lowest BCUT2D eigenvalue weighted by Crippen LogP contribution is -2.31. The van der Waals surface area contributed by atoms with Gasteiger partial charge in [-0.3, -0.25) is 14.6 Å². The second kappa shape index (κ2) is 8.83. The van der Waals surface area contributed by atoms with E-state index in [0.29, 0.717) is 30.8 Å². The zero-order chi connectivity index (χ0) is 21.8. The van der Waals surface area contributed by atoms with Gasteiger partial charge < -0.3 is 19.3 Å². The molecule has 1 amide bonds. The third-order valence-electron chi connectivity index (χ3n) is 5.30. The van der Waals surface area contributed by atoms with Crippen LogP contribution < -0.4 is 4.74 Å². The molecule has 31 heavy (non-hydrogen) atoms. The minimum absolute atomic E-state index is 0.0731. The number of hydrogen-bond acceptors (Lipinski definition) is 6. The normalized spacial score (nSPS) is 17.8. The number of ketones is 1. The number of aliphatic hydroxyl groups is 1. The molecule has 0 saturated carbocycles. The second-order valence-corrected chi connectivity index (χ2v) is 7.16. The first-order chi connectivity index (χ1) is 15.1. The molecule has 0 bridgehead atoms. The predicted molar refractivity (Wildman–Crippen MR) is 113 cm³/mol. The molecule has 1 saturated heterocycles. The fraction of sp³-hybridized carbons (Fsp3) is 0.217. The number of carbonyl (C=O) groups excluding carboxylic acids is 2. The lowest BCUT2D eigenvalue weighted by Gasteiger charge is -2.25. The largest absolute Gasteiger partial charge is 0.507 e. The summed E-state index contributed by atoms with van der Waals surface area (Å²) < 4.78 is 7.14. The quantitative estimate of drug-likeness (QED) is 0.360. The van der Waals surface area contributed by atoms with E-state index in [1.165, 1.54) is 17.3 Å². The molecule has 8 nitrogen and oxygen atoms in total. The van der Waals surface area contributed by atoms with Crippen LogP contribution in [0, 0.1) is 0 Å². The SMILES string of the molecule is COc1ccc(C2/C(=C(\O)c3ccncc3)C(=O)C(=O)N2CCCn2ccnc2)cc1. The Bertz CT molecular complexity index is 1090. The van der Waals surface area contributed by atoms with E-state index in [1.54, 1.807) is 56.0 Å². The Kier molecular flexibility index (Phi) is 5.79. The molecular formula is C23H22N4O4. The molecule has 2 aromatic heterocycles. The van der Waals surface area contributed by atoms with Crippen molar-refractivity contribution in [3.63, 3.8) is 0 Å². The van der Waals surface area contributed by atoms with Crippen molar-refractivity contribution in [3.05, 3.63) is 84.2 Å². The van der Waals surface area contributed by atoms with E-state index in [1.807, 2.05) is 10.8 Å². The zero-order valence-corrected chi connectivity index (χ0v) is 17.0. The Labute approximate surface area is 179 Å². The van der Waals surface area contributed by atoms with Crippen molar-refractivity contribution in [2.45, 2.75) is 19.0 Å². The van der Waals surface area contributed by atoms with E-state index < -0.39 is 17.7 Å². The van der Waals surface area contributed by atoms with Gasteiger partial charge in [0.2, 0.25) is 0 Å². The number of aryl methyl sites for hydroxylation is 1. The maximum atomic E-state index is 13.0. The maximum absolute atomic E-state index is 13.0. The third kappa shape index (κ3) is 4.05. The highest BCUT2D eigenvalue weighted by atomic mass is 16.5. The number of ether oxygens (including phenoxy) is 1. The van der Waals surface area contributed by atoms with E-state index >= 15 is 0 Å². The fourth-order valence-corrected chi connectivity index (χ4v) is 3.75.